The molecule has 0 radical (unpaired) electrons. The van der Waals surface area contributed by atoms with Crippen LogP contribution in [0, 0.1) is 0 Å². The van der Waals surface area contributed by atoms with Gasteiger partial charge in [-0.25, -0.2) is 0 Å². The van der Waals surface area contributed by atoms with E-state index >= 15 is 0 Å². The molecule has 0 aliphatic carbocycles. The van der Waals surface area contributed by atoms with Crippen molar-refractivity contribution in [1.82, 2.24) is 5.32 Å². The molecule has 0 amide bonds. The Bertz CT molecular complexity index is 434. The summed E-state index contributed by atoms with van der Waals surface area (Å²) in [6, 6.07) is 0. The Morgan fingerprint density at radius 3 is 1.19 bits per heavy atom. The summed E-state index contributed by atoms with van der Waals surface area (Å²) in [5, 5.41) is 0.152. The smallest absolute Gasteiger partial charge is 0.323 e. The van der Waals surface area contributed by atoms with E-state index in [1.807, 2.05) is 0 Å². The third kappa shape index (κ3) is 8.10. The Balaban J connectivity index is 2.74. The monoisotopic (exact) mass is 413 g/mol. The SMILES string of the molecule is O=P(O)(O)C1(P(=O)(O)O)CCCCCCCCCCCCCCCCN1. The molecule has 0 aromatic rings. The minimum Gasteiger partial charge on any atom is -0.323 e. The van der Waals surface area contributed by atoms with E-state index in [1.165, 1.54) is 32.1 Å². The van der Waals surface area contributed by atoms with Gasteiger partial charge in [-0.15, -0.1) is 0 Å². The highest BCUT2D eigenvalue weighted by molar-refractivity contribution is 7.72. The first-order valence-electron chi connectivity index (χ1n) is 10.1. The summed E-state index contributed by atoms with van der Waals surface area (Å²) in [7, 11) is -10.0. The standard InChI is InChI=1S/C17H37NO6P2/c19-25(20,21)17(26(22,23)24)15-13-11-9-7-5-3-1-2-4-6-8-10-12-14-16-18-17/h18H,1-16H2,(H2,19,20,21)(H2,22,23,24). The largest absolute Gasteiger partial charge is 0.357 e. The van der Waals surface area contributed by atoms with E-state index in [1.54, 1.807) is 0 Å². The summed E-state index contributed by atoms with van der Waals surface area (Å²) < 4.78 is 24.0. The predicted octanol–water partition coefficient (Wildman–Crippen LogP) is 4.45. The molecule has 5 N–H and O–H groups in total. The molecular formula is C17H37NO6P2. The van der Waals surface area contributed by atoms with Gasteiger partial charge in [-0.3, -0.25) is 14.4 Å². The van der Waals surface area contributed by atoms with Crippen LogP contribution in [0.15, 0.2) is 0 Å². The van der Waals surface area contributed by atoms with Gasteiger partial charge in [0.2, 0.25) is 5.02 Å². The Morgan fingerprint density at radius 1 is 0.538 bits per heavy atom. The molecule has 1 aliphatic rings. The fourth-order valence-corrected chi connectivity index (χ4v) is 6.55. The Morgan fingerprint density at radius 2 is 0.846 bits per heavy atom. The van der Waals surface area contributed by atoms with Gasteiger partial charge in [0, 0.05) is 0 Å². The van der Waals surface area contributed by atoms with E-state index in [2.05, 4.69) is 5.32 Å². The number of nitrogens with one attached hydrogen (secondary N) is 1. The lowest BCUT2D eigenvalue weighted by atomic mass is 10.0. The highest BCUT2D eigenvalue weighted by Gasteiger charge is 2.59. The van der Waals surface area contributed by atoms with Crippen LogP contribution in [-0.2, 0) is 9.13 Å². The van der Waals surface area contributed by atoms with Crippen LogP contribution in [0.25, 0.3) is 0 Å². The molecular weight excluding hydrogens is 376 g/mol. The van der Waals surface area contributed by atoms with Gasteiger partial charge in [-0.05, 0) is 19.4 Å². The maximum absolute atomic E-state index is 12.0. The molecule has 26 heavy (non-hydrogen) atoms. The molecule has 0 aromatic carbocycles. The van der Waals surface area contributed by atoms with Gasteiger partial charge in [0.15, 0.2) is 0 Å². The Kier molecular flexibility index (Phi) is 11.2. The van der Waals surface area contributed by atoms with Crippen LogP contribution >= 0.6 is 15.2 Å². The normalized spacial score (nSPS) is 23.7. The first-order valence-corrected chi connectivity index (χ1v) is 13.3. The number of hydrogen-bond acceptors (Lipinski definition) is 3. The van der Waals surface area contributed by atoms with E-state index in [-0.39, 0.29) is 13.0 Å². The molecule has 1 rings (SSSR count). The van der Waals surface area contributed by atoms with Crippen LogP contribution in [0.5, 0.6) is 0 Å². The quantitative estimate of drug-likeness (QED) is 0.423. The van der Waals surface area contributed by atoms with Crippen LogP contribution in [0.3, 0.4) is 0 Å². The Labute approximate surface area is 157 Å². The molecule has 1 saturated heterocycles. The lowest BCUT2D eigenvalue weighted by molar-refractivity contribution is 0.276. The molecule has 9 heteroatoms. The van der Waals surface area contributed by atoms with Crippen LogP contribution < -0.4 is 5.32 Å². The van der Waals surface area contributed by atoms with Crippen molar-refractivity contribution in [3.8, 4) is 0 Å². The van der Waals surface area contributed by atoms with Gasteiger partial charge in [0.05, 0.1) is 0 Å². The van der Waals surface area contributed by atoms with Gasteiger partial charge in [-0.1, -0.05) is 83.5 Å². The van der Waals surface area contributed by atoms with Gasteiger partial charge in [0.25, 0.3) is 0 Å². The molecule has 0 bridgehead atoms. The van der Waals surface area contributed by atoms with E-state index in [0.29, 0.717) is 12.8 Å². The first-order chi connectivity index (χ1) is 12.2. The maximum Gasteiger partial charge on any atom is 0.357 e. The summed E-state index contributed by atoms with van der Waals surface area (Å²) in [5.41, 5.74) is 0. The van der Waals surface area contributed by atoms with E-state index in [0.717, 1.165) is 44.9 Å². The van der Waals surface area contributed by atoms with Crippen molar-refractivity contribution >= 4 is 15.2 Å². The van der Waals surface area contributed by atoms with Gasteiger partial charge >= 0.3 is 15.2 Å². The van der Waals surface area contributed by atoms with Crippen molar-refractivity contribution in [3.63, 3.8) is 0 Å². The summed E-state index contributed by atoms with van der Waals surface area (Å²) in [4.78, 5) is 39.0. The molecule has 0 spiro atoms. The topological polar surface area (TPSA) is 127 Å². The molecule has 1 fully saturated rings. The van der Waals surface area contributed by atoms with Crippen molar-refractivity contribution in [2.24, 2.45) is 0 Å². The van der Waals surface area contributed by atoms with Gasteiger partial charge in [-0.2, -0.15) is 0 Å². The predicted molar refractivity (Wildman–Crippen MR) is 104 cm³/mol. The van der Waals surface area contributed by atoms with Crippen LogP contribution in [0.1, 0.15) is 96.3 Å². The molecule has 0 unspecified atom stereocenters. The fraction of sp³-hybridized carbons (Fsp3) is 1.00. The van der Waals surface area contributed by atoms with Crippen LogP contribution in [-0.4, -0.2) is 31.1 Å². The van der Waals surface area contributed by atoms with Crippen LogP contribution in [0.4, 0.5) is 0 Å². The van der Waals surface area contributed by atoms with Crippen molar-refractivity contribution in [1.29, 1.82) is 0 Å². The molecule has 0 atom stereocenters. The summed E-state index contributed by atoms with van der Waals surface area (Å²) >= 11 is 0. The minimum absolute atomic E-state index is 0.205. The van der Waals surface area contributed by atoms with Crippen molar-refractivity contribution < 1.29 is 28.7 Å². The van der Waals surface area contributed by atoms with Gasteiger partial charge in [0.1, 0.15) is 0 Å². The summed E-state index contributed by atoms with van der Waals surface area (Å²) in [6.45, 7) is 0.205. The van der Waals surface area contributed by atoms with Crippen molar-refractivity contribution in [3.05, 3.63) is 0 Å². The zero-order valence-electron chi connectivity index (χ0n) is 15.8. The second kappa shape index (κ2) is 12.0. The van der Waals surface area contributed by atoms with Gasteiger partial charge < -0.3 is 19.6 Å². The van der Waals surface area contributed by atoms with Crippen LogP contribution in [0.2, 0.25) is 0 Å². The molecule has 0 saturated carbocycles. The lowest BCUT2D eigenvalue weighted by Crippen LogP contribution is -2.45. The highest BCUT2D eigenvalue weighted by Crippen LogP contribution is 2.69. The van der Waals surface area contributed by atoms with E-state index in [9.17, 15) is 28.7 Å². The first kappa shape index (κ1) is 24.3. The summed E-state index contributed by atoms with van der Waals surface area (Å²) in [6.07, 6.45) is 14.0. The lowest BCUT2D eigenvalue weighted by Gasteiger charge is -2.35. The second-order valence-electron chi connectivity index (χ2n) is 7.53. The average Bonchev–Trinajstić information content (AvgIpc) is 2.52. The molecule has 1 aliphatic heterocycles. The second-order valence-corrected chi connectivity index (χ2v) is 11.6. The zero-order chi connectivity index (χ0) is 19.5. The number of rotatable bonds is 2. The highest BCUT2D eigenvalue weighted by atomic mass is 31.2. The third-order valence-electron chi connectivity index (χ3n) is 5.32. The minimum atomic E-state index is -5.02. The van der Waals surface area contributed by atoms with Crippen molar-refractivity contribution in [2.45, 2.75) is 101 Å². The third-order valence-corrected chi connectivity index (χ3v) is 9.58. The van der Waals surface area contributed by atoms with E-state index in [4.69, 9.17) is 0 Å². The molecule has 1 heterocycles. The fourth-order valence-electron chi connectivity index (χ4n) is 3.66. The van der Waals surface area contributed by atoms with E-state index < -0.39 is 20.2 Å². The molecule has 156 valence electrons. The molecule has 0 aromatic heterocycles. The molecule has 7 nitrogen and oxygen atoms in total. The maximum atomic E-state index is 12.0. The zero-order valence-corrected chi connectivity index (χ0v) is 17.6. The number of hydrogen-bond donors (Lipinski definition) is 5. The Hall–Kier alpha value is 0.260. The van der Waals surface area contributed by atoms with Crippen molar-refractivity contribution in [2.75, 3.05) is 6.54 Å². The summed E-state index contributed by atoms with van der Waals surface area (Å²) in [5.74, 6) is 0. The average molecular weight is 413 g/mol.